The van der Waals surface area contributed by atoms with E-state index in [1.807, 2.05) is 30.3 Å². The number of primary amides is 1. The summed E-state index contributed by atoms with van der Waals surface area (Å²) in [4.78, 5) is 20.8. The van der Waals surface area contributed by atoms with Crippen LogP contribution in [0.4, 0.5) is 11.4 Å². The third-order valence-corrected chi connectivity index (χ3v) is 5.11. The van der Waals surface area contributed by atoms with Crippen LogP contribution in [0.5, 0.6) is 0 Å². The lowest BCUT2D eigenvalue weighted by atomic mass is 10.0. The summed E-state index contributed by atoms with van der Waals surface area (Å²) >= 11 is 0. The number of hydrogen-bond acceptors (Lipinski definition) is 6. The van der Waals surface area contributed by atoms with Crippen LogP contribution >= 0.6 is 0 Å². The average molecular weight is 429 g/mol. The molecule has 0 heterocycles. The smallest absolute Gasteiger partial charge is 0.292 e. The molecule has 0 fully saturated rings. The first-order valence-electron chi connectivity index (χ1n) is 8.51. The van der Waals surface area contributed by atoms with E-state index in [1.165, 1.54) is 24.3 Å². The van der Waals surface area contributed by atoms with Gasteiger partial charge in [0.15, 0.2) is 5.25 Å². The highest BCUT2D eigenvalue weighted by atomic mass is 32.2. The first kappa shape index (κ1) is 22.5. The molecular formula is C20H19N3O6S. The molecule has 0 radical (unpaired) electrons. The van der Waals surface area contributed by atoms with Crippen LogP contribution in [0.15, 0.2) is 78.9 Å². The molecule has 0 aliphatic rings. The number of carbonyl (C=O) groups is 1. The fourth-order valence-corrected chi connectivity index (χ4v) is 3.41. The van der Waals surface area contributed by atoms with Crippen LogP contribution in [0.1, 0.15) is 10.8 Å². The summed E-state index contributed by atoms with van der Waals surface area (Å²) in [5.41, 5.74) is 12.4. The fourth-order valence-electron chi connectivity index (χ4n) is 2.62. The van der Waals surface area contributed by atoms with Gasteiger partial charge in [0.2, 0.25) is 5.91 Å². The molecule has 5 N–H and O–H groups in total. The largest absolute Gasteiger partial charge is 0.393 e. The lowest BCUT2D eigenvalue weighted by Crippen LogP contribution is -2.28. The van der Waals surface area contributed by atoms with E-state index < -0.39 is 26.2 Å². The predicted octanol–water partition coefficient (Wildman–Crippen LogP) is 2.94. The topological polar surface area (TPSA) is 167 Å². The number of nitro benzene ring substituents is 1. The third-order valence-electron chi connectivity index (χ3n) is 4.01. The lowest BCUT2D eigenvalue weighted by molar-refractivity contribution is -0.383. The van der Waals surface area contributed by atoms with Gasteiger partial charge >= 0.3 is 0 Å². The Bertz CT molecular complexity index is 1130. The highest BCUT2D eigenvalue weighted by Gasteiger charge is 2.30. The molecule has 3 aromatic rings. The van der Waals surface area contributed by atoms with Gasteiger partial charge in [0, 0.05) is 6.07 Å². The van der Waals surface area contributed by atoms with Crippen molar-refractivity contribution in [3.8, 4) is 11.1 Å². The van der Waals surface area contributed by atoms with E-state index in [0.717, 1.165) is 11.1 Å². The molecule has 0 spiro atoms. The standard InChI is InChI=1S/C14H13NO4S.C6H6N2O2/c15-14(16)13(20(17,18)19)12-8-6-11(7-9-12)10-4-2-1-3-5-10;7-5-3-1-2-4-6(5)8(9)10/h1-9,13H,(H2,15,16)(H,17,18,19);1-4H,7H2. The van der Waals surface area contributed by atoms with Gasteiger partial charge in [0.1, 0.15) is 5.69 Å². The van der Waals surface area contributed by atoms with Crippen molar-refractivity contribution in [2.45, 2.75) is 5.25 Å². The second kappa shape index (κ2) is 9.63. The summed E-state index contributed by atoms with van der Waals surface area (Å²) in [7, 11) is -4.57. The number of para-hydroxylation sites is 2. The predicted molar refractivity (Wildman–Crippen MR) is 113 cm³/mol. The van der Waals surface area contributed by atoms with E-state index in [4.69, 9.17) is 16.0 Å². The minimum Gasteiger partial charge on any atom is -0.393 e. The lowest BCUT2D eigenvalue weighted by Gasteiger charge is -2.11. The molecular weight excluding hydrogens is 410 g/mol. The zero-order valence-corrected chi connectivity index (χ0v) is 16.4. The Morgan fingerprint density at radius 2 is 1.40 bits per heavy atom. The maximum atomic E-state index is 11.2. The first-order valence-corrected chi connectivity index (χ1v) is 10.0. The van der Waals surface area contributed by atoms with Crippen LogP contribution in [0, 0.1) is 10.1 Å². The number of hydrogen-bond donors (Lipinski definition) is 3. The minimum atomic E-state index is -4.57. The third kappa shape index (κ3) is 5.87. The monoisotopic (exact) mass is 429 g/mol. The summed E-state index contributed by atoms with van der Waals surface area (Å²) in [5.74, 6) is -1.11. The van der Waals surface area contributed by atoms with E-state index in [0.29, 0.717) is 0 Å². The number of nitrogens with two attached hydrogens (primary N) is 2. The van der Waals surface area contributed by atoms with Crippen LogP contribution in [-0.4, -0.2) is 23.8 Å². The fraction of sp³-hybridized carbons (Fsp3) is 0.0500. The van der Waals surface area contributed by atoms with Crippen LogP contribution in [0.2, 0.25) is 0 Å². The van der Waals surface area contributed by atoms with Crippen molar-refractivity contribution in [3.05, 3.63) is 94.5 Å². The van der Waals surface area contributed by atoms with Crippen LogP contribution < -0.4 is 11.5 Å². The Morgan fingerprint density at radius 3 is 1.83 bits per heavy atom. The average Bonchev–Trinajstić information content (AvgIpc) is 2.68. The quantitative estimate of drug-likeness (QED) is 0.242. The molecule has 1 atom stereocenters. The van der Waals surface area contributed by atoms with Gasteiger partial charge in [-0.1, -0.05) is 66.7 Å². The number of rotatable bonds is 5. The van der Waals surface area contributed by atoms with Gasteiger partial charge in [-0.2, -0.15) is 8.42 Å². The van der Waals surface area contributed by atoms with Crippen molar-refractivity contribution >= 4 is 27.4 Å². The normalized spacial score (nSPS) is 11.6. The zero-order valence-electron chi connectivity index (χ0n) is 15.6. The van der Waals surface area contributed by atoms with Gasteiger partial charge in [-0.15, -0.1) is 0 Å². The van der Waals surface area contributed by atoms with Crippen molar-refractivity contribution < 1.29 is 22.7 Å². The number of benzene rings is 3. The Labute approximate surface area is 172 Å². The molecule has 0 bridgehead atoms. The van der Waals surface area contributed by atoms with Crippen molar-refractivity contribution in [2.75, 3.05) is 5.73 Å². The molecule has 0 saturated carbocycles. The van der Waals surface area contributed by atoms with Gasteiger partial charge in [0.05, 0.1) is 4.92 Å². The van der Waals surface area contributed by atoms with E-state index in [-0.39, 0.29) is 16.9 Å². The van der Waals surface area contributed by atoms with E-state index in [2.05, 4.69) is 0 Å². The van der Waals surface area contributed by atoms with Crippen molar-refractivity contribution in [2.24, 2.45) is 5.73 Å². The van der Waals surface area contributed by atoms with Gasteiger partial charge in [-0.3, -0.25) is 19.5 Å². The molecule has 3 rings (SSSR count). The minimum absolute atomic E-state index is 0.0394. The number of nitrogens with zero attached hydrogens (tertiary/aromatic N) is 1. The highest BCUT2D eigenvalue weighted by molar-refractivity contribution is 7.86. The van der Waals surface area contributed by atoms with E-state index in [9.17, 15) is 23.3 Å². The molecule has 156 valence electrons. The van der Waals surface area contributed by atoms with E-state index >= 15 is 0 Å². The molecule has 0 aliphatic carbocycles. The second-order valence-corrected chi connectivity index (χ2v) is 7.60. The molecule has 10 heteroatoms. The van der Waals surface area contributed by atoms with E-state index in [1.54, 1.807) is 24.3 Å². The number of nitrogen functional groups attached to an aromatic ring is 1. The maximum absolute atomic E-state index is 11.2. The molecule has 0 aromatic heterocycles. The Hall–Kier alpha value is -3.76. The number of carbonyl (C=O) groups excluding carboxylic acids is 1. The van der Waals surface area contributed by atoms with Gasteiger partial charge in [0.25, 0.3) is 15.8 Å². The van der Waals surface area contributed by atoms with Crippen LogP contribution in [0.3, 0.4) is 0 Å². The summed E-state index contributed by atoms with van der Waals surface area (Å²) in [5, 5.41) is 8.40. The summed E-state index contributed by atoms with van der Waals surface area (Å²) in [6.45, 7) is 0. The van der Waals surface area contributed by atoms with Crippen molar-refractivity contribution in [3.63, 3.8) is 0 Å². The highest BCUT2D eigenvalue weighted by Crippen LogP contribution is 2.25. The first-order chi connectivity index (χ1) is 14.1. The van der Waals surface area contributed by atoms with Gasteiger partial charge in [-0.25, -0.2) is 0 Å². The number of anilines is 1. The van der Waals surface area contributed by atoms with Crippen molar-refractivity contribution in [1.29, 1.82) is 0 Å². The van der Waals surface area contributed by atoms with Crippen molar-refractivity contribution in [1.82, 2.24) is 0 Å². The second-order valence-electron chi connectivity index (χ2n) is 6.10. The molecule has 3 aromatic carbocycles. The summed E-state index contributed by atoms with van der Waals surface area (Å²) in [6, 6.07) is 21.8. The molecule has 1 amide bonds. The summed E-state index contributed by atoms with van der Waals surface area (Å²) < 4.78 is 31.4. The Balaban J connectivity index is 0.000000269. The molecule has 9 nitrogen and oxygen atoms in total. The van der Waals surface area contributed by atoms with Gasteiger partial charge < -0.3 is 11.5 Å². The SMILES string of the molecule is NC(=O)C(c1ccc(-c2ccccc2)cc1)S(=O)(=O)O.Nc1ccccc1[N+](=O)[O-]. The van der Waals surface area contributed by atoms with Crippen LogP contribution in [0.25, 0.3) is 11.1 Å². The molecule has 1 unspecified atom stereocenters. The van der Waals surface area contributed by atoms with Gasteiger partial charge in [-0.05, 0) is 22.8 Å². The Kier molecular flexibility index (Phi) is 7.23. The van der Waals surface area contributed by atoms with Crippen LogP contribution in [-0.2, 0) is 14.9 Å². The zero-order chi connectivity index (χ0) is 22.3. The number of nitro groups is 1. The molecule has 0 aliphatic heterocycles. The Morgan fingerprint density at radius 1 is 0.900 bits per heavy atom. The summed E-state index contributed by atoms with van der Waals surface area (Å²) in [6.07, 6.45) is 0. The number of amides is 1. The molecule has 0 saturated heterocycles. The molecule has 30 heavy (non-hydrogen) atoms. The maximum Gasteiger partial charge on any atom is 0.292 e.